The van der Waals surface area contributed by atoms with Gasteiger partial charge in [-0.3, -0.25) is 4.79 Å². The Labute approximate surface area is 146 Å². The number of hydrogen-bond acceptors (Lipinski definition) is 2. The van der Waals surface area contributed by atoms with E-state index in [0.29, 0.717) is 6.54 Å². The molecule has 0 aromatic heterocycles. The van der Waals surface area contributed by atoms with Gasteiger partial charge >= 0.3 is 0 Å². The monoisotopic (exact) mass is 344 g/mol. The van der Waals surface area contributed by atoms with Gasteiger partial charge in [-0.1, -0.05) is 30.7 Å². The predicted octanol–water partition coefficient (Wildman–Crippen LogP) is 3.55. The predicted molar refractivity (Wildman–Crippen MR) is 92.7 cm³/mol. The summed E-state index contributed by atoms with van der Waals surface area (Å²) in [5.74, 6) is -0.638. The lowest BCUT2D eigenvalue weighted by molar-refractivity contribution is -0.126. The Morgan fingerprint density at radius 1 is 1.00 bits per heavy atom. The molecule has 1 amide bonds. The van der Waals surface area contributed by atoms with E-state index < -0.39 is 6.04 Å². The van der Waals surface area contributed by atoms with E-state index in [1.807, 2.05) is 0 Å². The Morgan fingerprint density at radius 3 is 2.00 bits per heavy atom. The van der Waals surface area contributed by atoms with Gasteiger partial charge in [0.05, 0.1) is 6.04 Å². The molecule has 132 valence electrons. The third kappa shape index (κ3) is 4.04. The second-order valence-electron chi connectivity index (χ2n) is 6.58. The fraction of sp³-hybridized carbons (Fsp3) is 0.350. The van der Waals surface area contributed by atoms with E-state index in [9.17, 15) is 13.6 Å². The average Bonchev–Trinajstić information content (AvgIpc) is 3.10. The maximum Gasteiger partial charge on any atom is 0.224 e. The normalized spacial score (nSPS) is 20.0. The van der Waals surface area contributed by atoms with Crippen LogP contribution in [0.15, 0.2) is 48.5 Å². The zero-order valence-corrected chi connectivity index (χ0v) is 13.9. The molecule has 3 N–H and O–H groups in total. The lowest BCUT2D eigenvalue weighted by Crippen LogP contribution is -2.37. The van der Waals surface area contributed by atoms with Crippen LogP contribution in [0.2, 0.25) is 0 Å². The Bertz CT molecular complexity index is 670. The Hall–Kier alpha value is -2.27. The number of rotatable bonds is 5. The SMILES string of the molecule is NC[C@H]1CCC[C@H]1C(=O)NC(c1ccc(F)cc1)c1ccc(F)cc1. The maximum atomic E-state index is 13.3. The first-order valence-electron chi connectivity index (χ1n) is 8.60. The summed E-state index contributed by atoms with van der Waals surface area (Å²) >= 11 is 0. The van der Waals surface area contributed by atoms with Gasteiger partial charge in [0.15, 0.2) is 0 Å². The van der Waals surface area contributed by atoms with Crippen molar-refractivity contribution in [2.24, 2.45) is 17.6 Å². The second-order valence-corrected chi connectivity index (χ2v) is 6.58. The Kier molecular flexibility index (Phi) is 5.43. The van der Waals surface area contributed by atoms with Crippen LogP contribution in [0.25, 0.3) is 0 Å². The first-order chi connectivity index (χ1) is 12.1. The fourth-order valence-electron chi connectivity index (χ4n) is 3.58. The minimum Gasteiger partial charge on any atom is -0.345 e. The van der Waals surface area contributed by atoms with Crippen LogP contribution in [-0.4, -0.2) is 12.5 Å². The molecule has 1 fully saturated rings. The molecule has 0 aliphatic heterocycles. The molecule has 0 spiro atoms. The smallest absolute Gasteiger partial charge is 0.224 e. The largest absolute Gasteiger partial charge is 0.345 e. The maximum absolute atomic E-state index is 13.3. The van der Waals surface area contributed by atoms with Crippen LogP contribution in [0.5, 0.6) is 0 Å². The van der Waals surface area contributed by atoms with Gasteiger partial charge in [-0.05, 0) is 60.7 Å². The summed E-state index contributed by atoms with van der Waals surface area (Å²) < 4.78 is 26.5. The summed E-state index contributed by atoms with van der Waals surface area (Å²) in [6.45, 7) is 0.496. The molecule has 25 heavy (non-hydrogen) atoms. The van der Waals surface area contributed by atoms with E-state index in [4.69, 9.17) is 5.73 Å². The van der Waals surface area contributed by atoms with Crippen LogP contribution in [0, 0.1) is 23.5 Å². The zero-order valence-electron chi connectivity index (χ0n) is 13.9. The zero-order chi connectivity index (χ0) is 17.8. The number of halogens is 2. The highest BCUT2D eigenvalue weighted by atomic mass is 19.1. The van der Waals surface area contributed by atoms with Gasteiger partial charge in [0.2, 0.25) is 5.91 Å². The molecule has 2 aromatic carbocycles. The van der Waals surface area contributed by atoms with Crippen molar-refractivity contribution in [2.45, 2.75) is 25.3 Å². The topological polar surface area (TPSA) is 55.1 Å². The number of nitrogens with one attached hydrogen (secondary N) is 1. The summed E-state index contributed by atoms with van der Waals surface area (Å²) in [7, 11) is 0. The molecule has 0 radical (unpaired) electrons. The number of carbonyl (C=O) groups excluding carboxylic acids is 1. The molecule has 1 aliphatic rings. The molecule has 0 heterocycles. The molecule has 3 rings (SSSR count). The summed E-state index contributed by atoms with van der Waals surface area (Å²) in [5.41, 5.74) is 7.29. The molecular weight excluding hydrogens is 322 g/mol. The van der Waals surface area contributed by atoms with Crippen molar-refractivity contribution >= 4 is 5.91 Å². The number of carbonyl (C=O) groups is 1. The van der Waals surface area contributed by atoms with Crippen LogP contribution >= 0.6 is 0 Å². The highest BCUT2D eigenvalue weighted by Crippen LogP contribution is 2.32. The highest BCUT2D eigenvalue weighted by molar-refractivity contribution is 5.80. The first kappa shape index (κ1) is 17.5. The average molecular weight is 344 g/mol. The van der Waals surface area contributed by atoms with Crippen molar-refractivity contribution in [3.8, 4) is 0 Å². The summed E-state index contributed by atoms with van der Waals surface area (Å²) in [6.07, 6.45) is 2.79. The third-order valence-electron chi connectivity index (χ3n) is 4.99. The fourth-order valence-corrected chi connectivity index (χ4v) is 3.58. The van der Waals surface area contributed by atoms with Crippen LogP contribution < -0.4 is 11.1 Å². The molecule has 5 heteroatoms. The molecule has 1 saturated carbocycles. The highest BCUT2D eigenvalue weighted by Gasteiger charge is 2.33. The molecule has 0 saturated heterocycles. The Balaban J connectivity index is 1.87. The van der Waals surface area contributed by atoms with Gasteiger partial charge in [0.25, 0.3) is 0 Å². The van der Waals surface area contributed by atoms with Crippen LogP contribution in [0.4, 0.5) is 8.78 Å². The molecule has 2 aromatic rings. The number of benzene rings is 2. The quantitative estimate of drug-likeness (QED) is 0.872. The molecule has 1 aliphatic carbocycles. The van der Waals surface area contributed by atoms with Gasteiger partial charge in [0, 0.05) is 5.92 Å². The minimum atomic E-state index is -0.451. The molecule has 2 atom stereocenters. The van der Waals surface area contributed by atoms with Crippen molar-refractivity contribution in [2.75, 3.05) is 6.54 Å². The van der Waals surface area contributed by atoms with Gasteiger partial charge < -0.3 is 11.1 Å². The standard InChI is InChI=1S/C20H22F2N2O/c21-16-8-4-13(5-9-16)19(14-6-10-17(22)11-7-14)24-20(25)18-3-1-2-15(18)12-23/h4-11,15,18-19H,1-3,12,23H2,(H,24,25)/t15-,18-/m1/s1. The van der Waals surface area contributed by atoms with E-state index in [-0.39, 0.29) is 29.4 Å². The number of hydrogen-bond donors (Lipinski definition) is 2. The van der Waals surface area contributed by atoms with Crippen LogP contribution in [0.3, 0.4) is 0 Å². The van der Waals surface area contributed by atoms with Gasteiger partial charge in [0.1, 0.15) is 11.6 Å². The van der Waals surface area contributed by atoms with E-state index in [1.54, 1.807) is 24.3 Å². The van der Waals surface area contributed by atoms with Crippen molar-refractivity contribution in [3.63, 3.8) is 0 Å². The molecule has 3 nitrogen and oxygen atoms in total. The first-order valence-corrected chi connectivity index (χ1v) is 8.60. The molecule has 0 bridgehead atoms. The summed E-state index contributed by atoms with van der Waals surface area (Å²) in [4.78, 5) is 12.8. The van der Waals surface area contributed by atoms with Crippen LogP contribution in [-0.2, 0) is 4.79 Å². The lowest BCUT2D eigenvalue weighted by atomic mass is 9.93. The van der Waals surface area contributed by atoms with E-state index >= 15 is 0 Å². The van der Waals surface area contributed by atoms with Gasteiger partial charge in [-0.25, -0.2) is 8.78 Å². The lowest BCUT2D eigenvalue weighted by Gasteiger charge is -2.24. The van der Waals surface area contributed by atoms with E-state index in [2.05, 4.69) is 5.32 Å². The van der Waals surface area contributed by atoms with Crippen LogP contribution in [0.1, 0.15) is 36.4 Å². The van der Waals surface area contributed by atoms with E-state index in [0.717, 1.165) is 30.4 Å². The van der Waals surface area contributed by atoms with Crippen molar-refractivity contribution in [3.05, 3.63) is 71.3 Å². The van der Waals surface area contributed by atoms with Crippen molar-refractivity contribution in [1.29, 1.82) is 0 Å². The third-order valence-corrected chi connectivity index (χ3v) is 4.99. The number of nitrogens with two attached hydrogens (primary N) is 1. The summed E-state index contributed by atoms with van der Waals surface area (Å²) in [5, 5.41) is 3.06. The summed E-state index contributed by atoms with van der Waals surface area (Å²) in [6, 6.07) is 11.5. The van der Waals surface area contributed by atoms with Gasteiger partial charge in [-0.15, -0.1) is 0 Å². The number of amides is 1. The molecular formula is C20H22F2N2O. The van der Waals surface area contributed by atoms with Crippen molar-refractivity contribution in [1.82, 2.24) is 5.32 Å². The Morgan fingerprint density at radius 2 is 1.52 bits per heavy atom. The minimum absolute atomic E-state index is 0.0494. The molecule has 0 unspecified atom stereocenters. The van der Waals surface area contributed by atoms with Crippen molar-refractivity contribution < 1.29 is 13.6 Å². The van der Waals surface area contributed by atoms with E-state index in [1.165, 1.54) is 24.3 Å². The van der Waals surface area contributed by atoms with Gasteiger partial charge in [-0.2, -0.15) is 0 Å². The second kappa shape index (κ2) is 7.74.